The number of aliphatic hydroxyl groups is 1. The minimum atomic E-state index is -0.968. The van der Waals surface area contributed by atoms with E-state index in [4.69, 9.17) is 0 Å². The summed E-state index contributed by atoms with van der Waals surface area (Å²) in [6, 6.07) is 3.73. The van der Waals surface area contributed by atoms with Gasteiger partial charge in [0.25, 0.3) is 0 Å². The minimum absolute atomic E-state index is 0.0318. The molecule has 8 heteroatoms. The SMILES string of the molecule is Cc1c(C(=O)O)sc2ncnc(NCC(CO)c3cccnc3)c12. The average Bonchev–Trinajstić information content (AvgIpc) is 2.94. The third-order valence-electron chi connectivity index (χ3n) is 3.81. The number of aliphatic hydroxyl groups excluding tert-OH is 1. The molecule has 3 N–H and O–H groups in total. The Morgan fingerprint density at radius 2 is 2.25 bits per heavy atom. The Morgan fingerprint density at radius 3 is 2.92 bits per heavy atom. The number of thiophene rings is 1. The lowest BCUT2D eigenvalue weighted by Gasteiger charge is -2.16. The quantitative estimate of drug-likeness (QED) is 0.629. The lowest BCUT2D eigenvalue weighted by molar-refractivity contribution is 0.0701. The van der Waals surface area contributed by atoms with E-state index in [2.05, 4.69) is 20.3 Å². The molecular weight excluding hydrogens is 328 g/mol. The van der Waals surface area contributed by atoms with Gasteiger partial charge in [0.15, 0.2) is 0 Å². The van der Waals surface area contributed by atoms with Crippen molar-refractivity contribution >= 4 is 33.3 Å². The second-order valence-corrected chi connectivity index (χ2v) is 6.31. The zero-order valence-corrected chi connectivity index (χ0v) is 13.7. The van der Waals surface area contributed by atoms with Crippen molar-refractivity contribution in [1.82, 2.24) is 15.0 Å². The number of pyridine rings is 1. The van der Waals surface area contributed by atoms with Gasteiger partial charge in [-0.1, -0.05) is 6.07 Å². The standard InChI is InChI=1S/C16H16N4O3S/c1-9-12-14(19-8-20-15(12)24-13(9)16(22)23)18-6-11(7-21)10-3-2-4-17-5-10/h2-5,8,11,21H,6-7H2,1H3,(H,22,23)(H,18,19,20). The lowest BCUT2D eigenvalue weighted by atomic mass is 10.0. The summed E-state index contributed by atoms with van der Waals surface area (Å²) in [5.41, 5.74) is 1.57. The number of hydrogen-bond acceptors (Lipinski definition) is 7. The molecule has 0 radical (unpaired) electrons. The molecule has 1 atom stereocenters. The molecule has 0 bridgehead atoms. The van der Waals surface area contributed by atoms with E-state index < -0.39 is 5.97 Å². The van der Waals surface area contributed by atoms with Crippen molar-refractivity contribution < 1.29 is 15.0 Å². The second kappa shape index (κ2) is 6.90. The predicted molar refractivity (Wildman–Crippen MR) is 91.7 cm³/mol. The van der Waals surface area contributed by atoms with Crippen LogP contribution in [0.4, 0.5) is 5.82 Å². The van der Waals surface area contributed by atoms with Crippen LogP contribution in [-0.4, -0.2) is 44.3 Å². The first-order valence-corrected chi connectivity index (χ1v) is 8.15. The van der Waals surface area contributed by atoms with Gasteiger partial charge in [-0.3, -0.25) is 4.98 Å². The summed E-state index contributed by atoms with van der Waals surface area (Å²) >= 11 is 1.13. The maximum atomic E-state index is 11.3. The van der Waals surface area contributed by atoms with Gasteiger partial charge in [0.1, 0.15) is 21.9 Å². The largest absolute Gasteiger partial charge is 0.477 e. The number of anilines is 1. The van der Waals surface area contributed by atoms with Crippen molar-refractivity contribution in [3.63, 3.8) is 0 Å². The van der Waals surface area contributed by atoms with Gasteiger partial charge >= 0.3 is 5.97 Å². The van der Waals surface area contributed by atoms with Crippen LogP contribution in [0.1, 0.15) is 26.7 Å². The normalized spacial score (nSPS) is 12.2. The highest BCUT2D eigenvalue weighted by Crippen LogP contribution is 2.33. The van der Waals surface area contributed by atoms with Gasteiger partial charge < -0.3 is 15.5 Å². The molecular formula is C16H16N4O3S. The fourth-order valence-corrected chi connectivity index (χ4v) is 3.52. The molecule has 3 aromatic rings. The summed E-state index contributed by atoms with van der Waals surface area (Å²) in [5.74, 6) is -0.532. The number of carboxylic acids is 1. The first-order valence-electron chi connectivity index (χ1n) is 7.33. The number of aryl methyl sites for hydroxylation is 1. The van der Waals surface area contributed by atoms with Crippen LogP contribution in [0.5, 0.6) is 0 Å². The molecule has 0 fully saturated rings. The molecule has 0 aliphatic heterocycles. The molecule has 7 nitrogen and oxygen atoms in total. The molecule has 124 valence electrons. The van der Waals surface area contributed by atoms with Crippen LogP contribution in [0.2, 0.25) is 0 Å². The van der Waals surface area contributed by atoms with E-state index >= 15 is 0 Å². The molecule has 1 unspecified atom stereocenters. The number of rotatable bonds is 6. The van der Waals surface area contributed by atoms with Crippen molar-refractivity contribution in [2.45, 2.75) is 12.8 Å². The Balaban J connectivity index is 1.89. The highest BCUT2D eigenvalue weighted by molar-refractivity contribution is 7.20. The fourth-order valence-electron chi connectivity index (χ4n) is 2.53. The zero-order valence-electron chi connectivity index (χ0n) is 12.9. The van der Waals surface area contributed by atoms with Gasteiger partial charge in [0, 0.05) is 24.9 Å². The van der Waals surface area contributed by atoms with Crippen molar-refractivity contribution in [2.75, 3.05) is 18.5 Å². The number of carboxylic acid groups (broad SMARTS) is 1. The van der Waals surface area contributed by atoms with Gasteiger partial charge in [-0.25, -0.2) is 14.8 Å². The lowest BCUT2D eigenvalue weighted by Crippen LogP contribution is -2.17. The van der Waals surface area contributed by atoms with Crippen molar-refractivity contribution in [2.24, 2.45) is 0 Å². The number of nitrogens with zero attached hydrogens (tertiary/aromatic N) is 3. The fraction of sp³-hybridized carbons (Fsp3) is 0.250. The third kappa shape index (κ3) is 3.06. The number of aromatic nitrogens is 3. The number of carbonyl (C=O) groups is 1. The van der Waals surface area contributed by atoms with Crippen LogP contribution < -0.4 is 5.32 Å². The molecule has 0 aliphatic carbocycles. The molecule has 0 amide bonds. The van der Waals surface area contributed by atoms with Crippen LogP contribution in [0, 0.1) is 6.92 Å². The van der Waals surface area contributed by atoms with E-state index in [0.29, 0.717) is 28.1 Å². The van der Waals surface area contributed by atoms with Crippen LogP contribution in [-0.2, 0) is 0 Å². The molecule has 3 heterocycles. The van der Waals surface area contributed by atoms with Gasteiger partial charge in [0.2, 0.25) is 0 Å². The summed E-state index contributed by atoms with van der Waals surface area (Å²) in [4.78, 5) is 24.7. The predicted octanol–water partition coefficient (Wildman–Crippen LogP) is 2.28. The molecule has 0 aliphatic rings. The minimum Gasteiger partial charge on any atom is -0.477 e. The number of aromatic carboxylic acids is 1. The zero-order chi connectivity index (χ0) is 17.1. The van der Waals surface area contributed by atoms with E-state index in [1.807, 2.05) is 12.1 Å². The van der Waals surface area contributed by atoms with Crippen molar-refractivity contribution in [1.29, 1.82) is 0 Å². The van der Waals surface area contributed by atoms with Gasteiger partial charge in [-0.2, -0.15) is 0 Å². The molecule has 0 saturated heterocycles. The van der Waals surface area contributed by atoms with Crippen molar-refractivity contribution in [3.05, 3.63) is 46.9 Å². The maximum Gasteiger partial charge on any atom is 0.346 e. The van der Waals surface area contributed by atoms with E-state index in [9.17, 15) is 15.0 Å². The summed E-state index contributed by atoms with van der Waals surface area (Å²) in [6.07, 6.45) is 4.81. The summed E-state index contributed by atoms with van der Waals surface area (Å²) in [5, 5.41) is 22.8. The highest BCUT2D eigenvalue weighted by atomic mass is 32.1. The first-order chi connectivity index (χ1) is 11.6. The average molecular weight is 344 g/mol. The Labute approximate surface area is 142 Å². The Bertz CT molecular complexity index is 866. The maximum absolute atomic E-state index is 11.3. The Kier molecular flexibility index (Phi) is 4.68. The van der Waals surface area contributed by atoms with Crippen LogP contribution >= 0.6 is 11.3 Å². The van der Waals surface area contributed by atoms with Gasteiger partial charge in [-0.15, -0.1) is 11.3 Å². The van der Waals surface area contributed by atoms with Crippen LogP contribution in [0.3, 0.4) is 0 Å². The van der Waals surface area contributed by atoms with Crippen LogP contribution in [0.15, 0.2) is 30.9 Å². The molecule has 0 saturated carbocycles. The Hall–Kier alpha value is -2.58. The van der Waals surface area contributed by atoms with E-state index in [-0.39, 0.29) is 17.4 Å². The smallest absolute Gasteiger partial charge is 0.346 e. The number of nitrogens with one attached hydrogen (secondary N) is 1. The summed E-state index contributed by atoms with van der Waals surface area (Å²) in [7, 11) is 0. The molecule has 3 aromatic heterocycles. The summed E-state index contributed by atoms with van der Waals surface area (Å²) in [6.45, 7) is 2.17. The third-order valence-corrected chi connectivity index (χ3v) is 5.00. The monoisotopic (exact) mass is 344 g/mol. The van der Waals surface area contributed by atoms with E-state index in [0.717, 1.165) is 16.9 Å². The topological polar surface area (TPSA) is 108 Å². The van der Waals surface area contributed by atoms with Gasteiger partial charge in [0.05, 0.1) is 12.0 Å². The number of fused-ring (bicyclic) bond motifs is 1. The second-order valence-electron chi connectivity index (χ2n) is 5.31. The Morgan fingerprint density at radius 1 is 1.42 bits per heavy atom. The van der Waals surface area contributed by atoms with E-state index in [1.165, 1.54) is 6.33 Å². The molecule has 24 heavy (non-hydrogen) atoms. The first kappa shape index (κ1) is 16.3. The van der Waals surface area contributed by atoms with Crippen molar-refractivity contribution in [3.8, 4) is 0 Å². The highest BCUT2D eigenvalue weighted by Gasteiger charge is 2.19. The number of hydrogen-bond donors (Lipinski definition) is 3. The van der Waals surface area contributed by atoms with Gasteiger partial charge in [-0.05, 0) is 24.1 Å². The van der Waals surface area contributed by atoms with E-state index in [1.54, 1.807) is 19.3 Å². The van der Waals surface area contributed by atoms with Crippen LogP contribution in [0.25, 0.3) is 10.2 Å². The molecule has 0 spiro atoms. The molecule has 0 aromatic carbocycles. The summed E-state index contributed by atoms with van der Waals surface area (Å²) < 4.78 is 0. The molecule has 3 rings (SSSR count).